The molecule has 0 saturated heterocycles. The van der Waals surface area contributed by atoms with E-state index in [9.17, 15) is 0 Å². The maximum atomic E-state index is 5.77. The number of rotatable bonds is 8. The lowest BCUT2D eigenvalue weighted by atomic mass is 10.1. The third kappa shape index (κ3) is 5.25. The molecule has 0 fully saturated rings. The lowest BCUT2D eigenvalue weighted by Crippen LogP contribution is -2.06. The van der Waals surface area contributed by atoms with Gasteiger partial charge in [-0.1, -0.05) is 26.7 Å². The zero-order valence-corrected chi connectivity index (χ0v) is 11.7. The van der Waals surface area contributed by atoms with E-state index >= 15 is 0 Å². The van der Waals surface area contributed by atoms with Crippen molar-refractivity contribution in [2.75, 3.05) is 24.2 Å². The maximum absolute atomic E-state index is 5.77. The van der Waals surface area contributed by atoms with Gasteiger partial charge >= 0.3 is 0 Å². The van der Waals surface area contributed by atoms with Gasteiger partial charge in [-0.2, -0.15) is 4.98 Å². The van der Waals surface area contributed by atoms with Crippen LogP contribution in [0.1, 0.15) is 40.0 Å². The molecule has 0 spiro atoms. The van der Waals surface area contributed by atoms with Crippen LogP contribution in [0.4, 0.5) is 11.5 Å². The standard InChI is InChI=1S/C14H25N3O/c1-4-18-14-12(15)8-9-13(17-14)16-10-6-5-7-11(2)3/h8-9,11H,4-7,10,15H2,1-3H3,(H,16,17). The number of aromatic nitrogens is 1. The molecule has 1 heterocycles. The topological polar surface area (TPSA) is 60.2 Å². The van der Waals surface area contributed by atoms with Gasteiger partial charge in [-0.3, -0.25) is 0 Å². The first-order valence-corrected chi connectivity index (χ1v) is 6.76. The molecule has 0 unspecified atom stereocenters. The summed E-state index contributed by atoms with van der Waals surface area (Å²) in [6.45, 7) is 7.95. The molecule has 0 atom stereocenters. The van der Waals surface area contributed by atoms with E-state index in [-0.39, 0.29) is 0 Å². The second-order valence-corrected chi connectivity index (χ2v) is 4.84. The molecular weight excluding hydrogens is 226 g/mol. The quantitative estimate of drug-likeness (QED) is 0.696. The SMILES string of the molecule is CCOc1nc(NCCCCC(C)C)ccc1N. The van der Waals surface area contributed by atoms with Crippen molar-refractivity contribution in [3.8, 4) is 5.88 Å². The van der Waals surface area contributed by atoms with Crippen LogP contribution in [0.25, 0.3) is 0 Å². The monoisotopic (exact) mass is 251 g/mol. The van der Waals surface area contributed by atoms with E-state index < -0.39 is 0 Å². The minimum absolute atomic E-state index is 0.518. The van der Waals surface area contributed by atoms with Gasteiger partial charge in [0.25, 0.3) is 0 Å². The number of nitrogens with two attached hydrogens (primary N) is 1. The largest absolute Gasteiger partial charge is 0.476 e. The summed E-state index contributed by atoms with van der Waals surface area (Å²) in [5.41, 5.74) is 6.36. The first kappa shape index (κ1) is 14.6. The third-order valence-corrected chi connectivity index (χ3v) is 2.69. The Morgan fingerprint density at radius 1 is 1.33 bits per heavy atom. The highest BCUT2D eigenvalue weighted by Gasteiger charge is 2.03. The normalized spacial score (nSPS) is 10.7. The molecule has 18 heavy (non-hydrogen) atoms. The van der Waals surface area contributed by atoms with E-state index in [0.717, 1.165) is 24.7 Å². The molecule has 0 saturated carbocycles. The van der Waals surface area contributed by atoms with E-state index in [4.69, 9.17) is 10.5 Å². The zero-order valence-electron chi connectivity index (χ0n) is 11.7. The Morgan fingerprint density at radius 2 is 2.11 bits per heavy atom. The Bertz CT molecular complexity index is 353. The third-order valence-electron chi connectivity index (χ3n) is 2.69. The highest BCUT2D eigenvalue weighted by Crippen LogP contribution is 2.20. The number of hydrogen-bond acceptors (Lipinski definition) is 4. The summed E-state index contributed by atoms with van der Waals surface area (Å²) in [5, 5.41) is 3.30. The van der Waals surface area contributed by atoms with Gasteiger partial charge in [0.05, 0.1) is 12.3 Å². The van der Waals surface area contributed by atoms with Crippen LogP contribution in [0.3, 0.4) is 0 Å². The van der Waals surface area contributed by atoms with Crippen molar-refractivity contribution >= 4 is 11.5 Å². The number of hydrogen-bond donors (Lipinski definition) is 2. The van der Waals surface area contributed by atoms with Crippen molar-refractivity contribution in [1.29, 1.82) is 0 Å². The molecule has 1 aromatic heterocycles. The van der Waals surface area contributed by atoms with Crippen molar-refractivity contribution < 1.29 is 4.74 Å². The molecule has 4 nitrogen and oxygen atoms in total. The fourth-order valence-electron chi connectivity index (χ4n) is 1.70. The van der Waals surface area contributed by atoms with Gasteiger partial charge in [-0.15, -0.1) is 0 Å². The number of nitrogen functional groups attached to an aromatic ring is 1. The molecule has 0 amide bonds. The minimum Gasteiger partial charge on any atom is -0.476 e. The van der Waals surface area contributed by atoms with E-state index in [0.29, 0.717) is 18.2 Å². The average Bonchev–Trinajstić information content (AvgIpc) is 2.32. The second-order valence-electron chi connectivity index (χ2n) is 4.84. The Labute approximate surface area is 110 Å². The summed E-state index contributed by atoms with van der Waals surface area (Å²) in [6, 6.07) is 3.72. The second kappa shape index (κ2) is 7.80. The van der Waals surface area contributed by atoms with Crippen LogP contribution in [-0.4, -0.2) is 18.1 Å². The summed E-state index contributed by atoms with van der Waals surface area (Å²) in [6.07, 6.45) is 3.69. The van der Waals surface area contributed by atoms with Gasteiger partial charge < -0.3 is 15.8 Å². The Morgan fingerprint density at radius 3 is 2.78 bits per heavy atom. The lowest BCUT2D eigenvalue weighted by Gasteiger charge is -2.10. The number of nitrogens with one attached hydrogen (secondary N) is 1. The maximum Gasteiger partial charge on any atom is 0.239 e. The first-order valence-electron chi connectivity index (χ1n) is 6.76. The zero-order chi connectivity index (χ0) is 13.4. The fourth-order valence-corrected chi connectivity index (χ4v) is 1.70. The molecule has 3 N–H and O–H groups in total. The van der Waals surface area contributed by atoms with E-state index in [2.05, 4.69) is 24.1 Å². The molecule has 0 aromatic carbocycles. The van der Waals surface area contributed by atoms with Crippen LogP contribution in [0.2, 0.25) is 0 Å². The molecule has 1 aromatic rings. The molecule has 0 aliphatic rings. The Kier molecular flexibility index (Phi) is 6.33. The van der Waals surface area contributed by atoms with Crippen molar-refractivity contribution in [1.82, 2.24) is 4.98 Å². The highest BCUT2D eigenvalue weighted by atomic mass is 16.5. The molecule has 0 radical (unpaired) electrons. The first-order chi connectivity index (χ1) is 8.63. The van der Waals surface area contributed by atoms with Gasteiger partial charge in [0.1, 0.15) is 5.82 Å². The molecule has 4 heteroatoms. The van der Waals surface area contributed by atoms with Gasteiger partial charge in [0.15, 0.2) is 0 Å². The number of unbranched alkanes of at least 4 members (excludes halogenated alkanes) is 1. The van der Waals surface area contributed by atoms with E-state index in [1.165, 1.54) is 12.8 Å². The van der Waals surface area contributed by atoms with Crippen molar-refractivity contribution in [2.24, 2.45) is 5.92 Å². The molecule has 0 aliphatic carbocycles. The van der Waals surface area contributed by atoms with Crippen LogP contribution in [0.5, 0.6) is 5.88 Å². The predicted molar refractivity (Wildman–Crippen MR) is 77.0 cm³/mol. The van der Waals surface area contributed by atoms with E-state index in [1.54, 1.807) is 0 Å². The number of ether oxygens (including phenoxy) is 1. The van der Waals surface area contributed by atoms with Gasteiger partial charge in [-0.25, -0.2) is 0 Å². The van der Waals surface area contributed by atoms with Crippen LogP contribution in [-0.2, 0) is 0 Å². The van der Waals surface area contributed by atoms with E-state index in [1.807, 2.05) is 19.1 Å². The summed E-state index contributed by atoms with van der Waals surface area (Å²) in [5.74, 6) is 2.13. The van der Waals surface area contributed by atoms with Crippen molar-refractivity contribution in [3.63, 3.8) is 0 Å². The van der Waals surface area contributed by atoms with Gasteiger partial charge in [0.2, 0.25) is 5.88 Å². The highest BCUT2D eigenvalue weighted by molar-refractivity contribution is 5.53. The number of anilines is 2. The molecular formula is C14H25N3O. The summed E-state index contributed by atoms with van der Waals surface area (Å²) in [7, 11) is 0. The summed E-state index contributed by atoms with van der Waals surface area (Å²) >= 11 is 0. The van der Waals surface area contributed by atoms with Crippen LogP contribution in [0.15, 0.2) is 12.1 Å². The smallest absolute Gasteiger partial charge is 0.239 e. The van der Waals surface area contributed by atoms with Crippen LogP contribution in [0, 0.1) is 5.92 Å². The van der Waals surface area contributed by atoms with Gasteiger partial charge in [-0.05, 0) is 31.4 Å². The molecule has 0 aliphatic heterocycles. The molecule has 0 bridgehead atoms. The van der Waals surface area contributed by atoms with Crippen molar-refractivity contribution in [2.45, 2.75) is 40.0 Å². The molecule has 1 rings (SSSR count). The van der Waals surface area contributed by atoms with Crippen LogP contribution >= 0.6 is 0 Å². The molecule has 102 valence electrons. The number of pyridine rings is 1. The summed E-state index contributed by atoms with van der Waals surface area (Å²) < 4.78 is 5.36. The average molecular weight is 251 g/mol. The lowest BCUT2D eigenvalue weighted by molar-refractivity contribution is 0.329. The summed E-state index contributed by atoms with van der Waals surface area (Å²) in [4.78, 5) is 4.34. The predicted octanol–water partition coefficient (Wildman–Crippen LogP) is 3.30. The fraction of sp³-hybridized carbons (Fsp3) is 0.643. The minimum atomic E-state index is 0.518. The van der Waals surface area contributed by atoms with Crippen LogP contribution < -0.4 is 15.8 Å². The van der Waals surface area contributed by atoms with Crippen molar-refractivity contribution in [3.05, 3.63) is 12.1 Å². The Balaban J connectivity index is 2.35. The number of nitrogens with zero attached hydrogens (tertiary/aromatic N) is 1. The van der Waals surface area contributed by atoms with Gasteiger partial charge in [0, 0.05) is 6.54 Å². The Hall–Kier alpha value is -1.45.